The first-order chi connectivity index (χ1) is 11.3. The lowest BCUT2D eigenvalue weighted by molar-refractivity contribution is -0.116. The van der Waals surface area contributed by atoms with E-state index in [2.05, 4.69) is 5.32 Å². The van der Waals surface area contributed by atoms with Crippen LogP contribution in [0.2, 0.25) is 15.1 Å². The molecule has 0 atom stereocenters. The van der Waals surface area contributed by atoms with Gasteiger partial charge in [-0.25, -0.2) is 0 Å². The van der Waals surface area contributed by atoms with Crippen LogP contribution in [0.4, 0.5) is 5.69 Å². The van der Waals surface area contributed by atoms with Crippen molar-refractivity contribution in [3.8, 4) is 5.75 Å². The maximum absolute atomic E-state index is 12.3. The summed E-state index contributed by atoms with van der Waals surface area (Å²) in [5.41, 5.74) is 0.283. The summed E-state index contributed by atoms with van der Waals surface area (Å²) < 4.78 is 0. The number of benzene rings is 2. The predicted octanol–water partition coefficient (Wildman–Crippen LogP) is 4.06. The van der Waals surface area contributed by atoms with Crippen LogP contribution >= 0.6 is 34.8 Å². The van der Waals surface area contributed by atoms with Crippen LogP contribution in [-0.4, -0.2) is 35.4 Å². The average molecular weight is 388 g/mol. The normalized spacial score (nSPS) is 10.3. The van der Waals surface area contributed by atoms with Gasteiger partial charge in [-0.2, -0.15) is 0 Å². The molecule has 0 aliphatic rings. The van der Waals surface area contributed by atoms with Crippen LogP contribution in [-0.2, 0) is 4.79 Å². The van der Waals surface area contributed by atoms with Crippen LogP contribution in [0.15, 0.2) is 36.4 Å². The molecule has 2 N–H and O–H groups in total. The molecule has 2 aromatic rings. The molecule has 0 aromatic heterocycles. The zero-order valence-electron chi connectivity index (χ0n) is 12.5. The van der Waals surface area contributed by atoms with E-state index >= 15 is 0 Å². The van der Waals surface area contributed by atoms with Crippen molar-refractivity contribution >= 4 is 52.3 Å². The molecule has 0 fully saturated rings. The van der Waals surface area contributed by atoms with E-state index < -0.39 is 11.8 Å². The highest BCUT2D eigenvalue weighted by Gasteiger charge is 2.19. The number of amides is 2. The molecular formula is C16H13Cl3N2O3. The third-order valence-electron chi connectivity index (χ3n) is 3.14. The number of aromatic hydroxyl groups is 1. The number of nitrogens with zero attached hydrogens (tertiary/aromatic N) is 1. The monoisotopic (exact) mass is 386 g/mol. The number of likely N-dealkylation sites (N-methyl/N-ethyl adjacent to an activating group) is 1. The van der Waals surface area contributed by atoms with E-state index in [-0.39, 0.29) is 33.6 Å². The quantitative estimate of drug-likeness (QED) is 0.831. The summed E-state index contributed by atoms with van der Waals surface area (Å²) in [7, 11) is 1.43. The Morgan fingerprint density at radius 1 is 1.12 bits per heavy atom. The van der Waals surface area contributed by atoms with Gasteiger partial charge in [0.15, 0.2) is 0 Å². The maximum atomic E-state index is 12.3. The van der Waals surface area contributed by atoms with E-state index in [4.69, 9.17) is 34.8 Å². The molecule has 0 saturated carbocycles. The van der Waals surface area contributed by atoms with Crippen LogP contribution in [0.1, 0.15) is 10.4 Å². The van der Waals surface area contributed by atoms with Gasteiger partial charge < -0.3 is 15.3 Å². The smallest absolute Gasteiger partial charge is 0.257 e. The minimum absolute atomic E-state index is 0.00794. The number of carbonyl (C=O) groups is 2. The van der Waals surface area contributed by atoms with Crippen molar-refractivity contribution in [1.82, 2.24) is 4.90 Å². The molecule has 0 saturated heterocycles. The second-order valence-electron chi connectivity index (χ2n) is 4.97. The lowest BCUT2D eigenvalue weighted by Crippen LogP contribution is -2.35. The van der Waals surface area contributed by atoms with Crippen LogP contribution in [0.5, 0.6) is 5.75 Å². The molecule has 0 aliphatic heterocycles. The van der Waals surface area contributed by atoms with E-state index in [0.717, 1.165) is 4.90 Å². The van der Waals surface area contributed by atoms with Crippen LogP contribution in [0.3, 0.4) is 0 Å². The first kappa shape index (κ1) is 18.4. The summed E-state index contributed by atoms with van der Waals surface area (Å²) in [5.74, 6) is -1.25. The Morgan fingerprint density at radius 3 is 2.38 bits per heavy atom. The second kappa shape index (κ2) is 7.75. The fourth-order valence-electron chi connectivity index (χ4n) is 1.97. The zero-order valence-corrected chi connectivity index (χ0v) is 14.8. The molecule has 0 unspecified atom stereocenters. The van der Waals surface area contributed by atoms with Gasteiger partial charge in [0.2, 0.25) is 5.91 Å². The summed E-state index contributed by atoms with van der Waals surface area (Å²) in [4.78, 5) is 25.6. The Morgan fingerprint density at radius 2 is 1.75 bits per heavy atom. The van der Waals surface area contributed by atoms with Gasteiger partial charge in [-0.05, 0) is 30.3 Å². The molecule has 0 spiro atoms. The van der Waals surface area contributed by atoms with Crippen LogP contribution < -0.4 is 5.32 Å². The number of halogens is 3. The van der Waals surface area contributed by atoms with E-state index in [9.17, 15) is 14.7 Å². The Labute approximate surface area is 153 Å². The number of phenolic OH excluding ortho intramolecular Hbond substituents is 1. The number of nitrogens with one attached hydrogen (secondary N) is 1. The molecule has 24 heavy (non-hydrogen) atoms. The molecule has 2 amide bonds. The maximum Gasteiger partial charge on any atom is 0.257 e. The first-order valence-electron chi connectivity index (χ1n) is 6.77. The van der Waals surface area contributed by atoms with Gasteiger partial charge in [-0.15, -0.1) is 0 Å². The first-order valence-corrected chi connectivity index (χ1v) is 7.91. The molecule has 8 heteroatoms. The number of hydrogen-bond acceptors (Lipinski definition) is 3. The third kappa shape index (κ3) is 4.32. The predicted molar refractivity (Wildman–Crippen MR) is 95.2 cm³/mol. The van der Waals surface area contributed by atoms with Crippen molar-refractivity contribution in [2.45, 2.75) is 0 Å². The Hall–Kier alpha value is -1.95. The van der Waals surface area contributed by atoms with Gasteiger partial charge in [-0.1, -0.05) is 40.9 Å². The highest BCUT2D eigenvalue weighted by atomic mass is 35.5. The fraction of sp³-hybridized carbons (Fsp3) is 0.125. The van der Waals surface area contributed by atoms with Crippen molar-refractivity contribution in [3.05, 3.63) is 57.0 Å². The summed E-state index contributed by atoms with van der Waals surface area (Å²) in [6.07, 6.45) is 0. The number of para-hydroxylation sites is 1. The van der Waals surface area contributed by atoms with Crippen molar-refractivity contribution in [1.29, 1.82) is 0 Å². The summed E-state index contributed by atoms with van der Waals surface area (Å²) in [6, 6.07) is 8.92. The van der Waals surface area contributed by atoms with E-state index in [1.807, 2.05) is 0 Å². The summed E-state index contributed by atoms with van der Waals surface area (Å²) >= 11 is 17.8. The number of phenols is 1. The van der Waals surface area contributed by atoms with Crippen molar-refractivity contribution < 1.29 is 14.7 Å². The van der Waals surface area contributed by atoms with Gasteiger partial charge >= 0.3 is 0 Å². The van der Waals surface area contributed by atoms with E-state index in [0.29, 0.717) is 5.02 Å². The van der Waals surface area contributed by atoms with E-state index in [1.54, 1.807) is 18.2 Å². The Balaban J connectivity index is 2.08. The fourth-order valence-corrected chi connectivity index (χ4v) is 2.63. The molecule has 2 aromatic carbocycles. The summed E-state index contributed by atoms with van der Waals surface area (Å²) in [5, 5.41) is 13.2. The van der Waals surface area contributed by atoms with Crippen molar-refractivity contribution in [3.63, 3.8) is 0 Å². The lowest BCUT2D eigenvalue weighted by atomic mass is 10.2. The minimum Gasteiger partial charge on any atom is -0.507 e. The molecule has 0 radical (unpaired) electrons. The molecule has 0 bridgehead atoms. The van der Waals surface area contributed by atoms with Crippen LogP contribution in [0.25, 0.3) is 0 Å². The Bertz CT molecular complexity index is 776. The van der Waals surface area contributed by atoms with Crippen molar-refractivity contribution in [2.75, 3.05) is 18.9 Å². The SMILES string of the molecule is CN(CC(=O)Nc1c(Cl)cccc1Cl)C(=O)c1cc(Cl)ccc1O. The van der Waals surface area contributed by atoms with Crippen LogP contribution in [0, 0.1) is 0 Å². The number of carbonyl (C=O) groups excluding carboxylic acids is 2. The molecular weight excluding hydrogens is 375 g/mol. The van der Waals surface area contributed by atoms with E-state index in [1.165, 1.54) is 25.2 Å². The average Bonchev–Trinajstić information content (AvgIpc) is 2.52. The zero-order chi connectivity index (χ0) is 17.9. The largest absolute Gasteiger partial charge is 0.507 e. The van der Waals surface area contributed by atoms with Gasteiger partial charge in [-0.3, -0.25) is 9.59 Å². The summed E-state index contributed by atoms with van der Waals surface area (Å²) in [6.45, 7) is -0.258. The van der Waals surface area contributed by atoms with Gasteiger partial charge in [0.1, 0.15) is 5.75 Å². The molecule has 0 heterocycles. The number of rotatable bonds is 4. The molecule has 2 rings (SSSR count). The third-order valence-corrected chi connectivity index (χ3v) is 4.01. The molecule has 0 aliphatic carbocycles. The highest BCUT2D eigenvalue weighted by Crippen LogP contribution is 2.29. The van der Waals surface area contributed by atoms with Crippen molar-refractivity contribution in [2.24, 2.45) is 0 Å². The number of anilines is 1. The number of hydrogen-bond donors (Lipinski definition) is 2. The molecule has 5 nitrogen and oxygen atoms in total. The standard InChI is InChI=1S/C16H13Cl3N2O3/c1-21(16(24)10-7-9(17)5-6-13(10)22)8-14(23)20-15-11(18)3-2-4-12(15)19/h2-7,22H,8H2,1H3,(H,20,23). The lowest BCUT2D eigenvalue weighted by Gasteiger charge is -2.18. The Kier molecular flexibility index (Phi) is 5.94. The second-order valence-corrected chi connectivity index (χ2v) is 6.22. The highest BCUT2D eigenvalue weighted by molar-refractivity contribution is 6.39. The van der Waals surface area contributed by atoms with Gasteiger partial charge in [0.05, 0.1) is 27.8 Å². The van der Waals surface area contributed by atoms with Gasteiger partial charge in [0.25, 0.3) is 5.91 Å². The topological polar surface area (TPSA) is 69.6 Å². The minimum atomic E-state index is -0.546. The van der Waals surface area contributed by atoms with Gasteiger partial charge in [0, 0.05) is 12.1 Å². The molecule has 126 valence electrons.